The van der Waals surface area contributed by atoms with Gasteiger partial charge < -0.3 is 19.5 Å². The molecule has 2 amide bonds. The van der Waals surface area contributed by atoms with E-state index in [4.69, 9.17) is 25.8 Å². The summed E-state index contributed by atoms with van der Waals surface area (Å²) in [5.74, 6) is -0.130. The molecule has 3 aromatic rings. The molecule has 0 saturated carbocycles. The second-order valence-electron chi connectivity index (χ2n) is 7.33. The van der Waals surface area contributed by atoms with Crippen LogP contribution in [0.15, 0.2) is 83.5 Å². The maximum atomic E-state index is 13.0. The first-order valence-electron chi connectivity index (χ1n) is 10.7. The first-order valence-corrected chi connectivity index (χ1v) is 11.0. The molecule has 0 spiro atoms. The van der Waals surface area contributed by atoms with E-state index in [1.807, 2.05) is 6.92 Å². The van der Waals surface area contributed by atoms with E-state index in [-0.39, 0.29) is 10.7 Å². The van der Waals surface area contributed by atoms with E-state index in [0.717, 1.165) is 4.90 Å². The maximum absolute atomic E-state index is 13.0. The molecule has 0 aliphatic carbocycles. The Morgan fingerprint density at radius 2 is 1.46 bits per heavy atom. The average Bonchev–Trinajstić information content (AvgIpc) is 3.08. The lowest BCUT2D eigenvalue weighted by Gasteiger charge is -2.15. The van der Waals surface area contributed by atoms with Crippen molar-refractivity contribution in [2.45, 2.75) is 6.92 Å². The van der Waals surface area contributed by atoms with Crippen molar-refractivity contribution in [3.63, 3.8) is 0 Å². The number of ether oxygens (including phenoxy) is 3. The zero-order chi connectivity index (χ0) is 24.9. The SMILES string of the molecule is CCOc1ccc(N2C(=O)C(Cl)=C(Nc3ccc(C(=O)Oc4ccc(OC)cc4)cc3)C2=O)cc1. The molecule has 1 aliphatic heterocycles. The highest BCUT2D eigenvalue weighted by Crippen LogP contribution is 2.31. The number of hydrogen-bond donors (Lipinski definition) is 1. The number of halogens is 1. The van der Waals surface area contributed by atoms with Crippen LogP contribution in [0.4, 0.5) is 11.4 Å². The van der Waals surface area contributed by atoms with E-state index in [9.17, 15) is 14.4 Å². The largest absolute Gasteiger partial charge is 0.497 e. The summed E-state index contributed by atoms with van der Waals surface area (Å²) in [5.41, 5.74) is 1.08. The van der Waals surface area contributed by atoms with Gasteiger partial charge in [0.15, 0.2) is 0 Å². The summed E-state index contributed by atoms with van der Waals surface area (Å²) >= 11 is 6.19. The molecule has 8 nitrogen and oxygen atoms in total. The van der Waals surface area contributed by atoms with Crippen LogP contribution in [0.3, 0.4) is 0 Å². The van der Waals surface area contributed by atoms with Crippen LogP contribution < -0.4 is 24.4 Å². The summed E-state index contributed by atoms with van der Waals surface area (Å²) in [7, 11) is 1.55. The molecule has 0 bridgehead atoms. The Morgan fingerprint density at radius 3 is 2.06 bits per heavy atom. The standard InChI is InChI=1S/C26H21ClN2O6/c1-3-34-20-10-8-18(9-11-20)29-24(30)22(27)23(25(29)31)28-17-6-4-16(5-7-17)26(32)35-21-14-12-19(33-2)13-15-21/h4-15,28H,3H2,1-2H3. The lowest BCUT2D eigenvalue weighted by molar-refractivity contribution is -0.120. The van der Waals surface area contributed by atoms with Crippen LogP contribution in [0.2, 0.25) is 0 Å². The number of imide groups is 1. The van der Waals surface area contributed by atoms with Gasteiger partial charge in [0.2, 0.25) is 0 Å². The quantitative estimate of drug-likeness (QED) is 0.275. The van der Waals surface area contributed by atoms with E-state index in [2.05, 4.69) is 5.32 Å². The maximum Gasteiger partial charge on any atom is 0.343 e. The predicted octanol–water partition coefficient (Wildman–Crippen LogP) is 4.75. The van der Waals surface area contributed by atoms with Crippen molar-refractivity contribution in [2.24, 2.45) is 0 Å². The van der Waals surface area contributed by atoms with Crippen molar-refractivity contribution in [3.8, 4) is 17.2 Å². The van der Waals surface area contributed by atoms with Crippen molar-refractivity contribution in [1.82, 2.24) is 0 Å². The number of rotatable bonds is 8. The van der Waals surface area contributed by atoms with Crippen LogP contribution in [0, 0.1) is 0 Å². The number of anilines is 2. The molecule has 1 aliphatic rings. The van der Waals surface area contributed by atoms with Gasteiger partial charge in [-0.15, -0.1) is 0 Å². The fraction of sp³-hybridized carbons (Fsp3) is 0.115. The summed E-state index contributed by atoms with van der Waals surface area (Å²) in [5, 5.41) is 2.65. The monoisotopic (exact) mass is 492 g/mol. The van der Waals surface area contributed by atoms with Crippen LogP contribution in [0.1, 0.15) is 17.3 Å². The lowest BCUT2D eigenvalue weighted by atomic mass is 10.2. The average molecular weight is 493 g/mol. The van der Waals surface area contributed by atoms with E-state index in [1.165, 1.54) is 12.1 Å². The van der Waals surface area contributed by atoms with Gasteiger partial charge in [-0.05, 0) is 79.7 Å². The highest BCUT2D eigenvalue weighted by molar-refractivity contribution is 6.53. The Morgan fingerprint density at radius 1 is 0.857 bits per heavy atom. The molecule has 0 aromatic heterocycles. The van der Waals surface area contributed by atoms with Crippen molar-refractivity contribution < 1.29 is 28.6 Å². The molecule has 0 atom stereocenters. The van der Waals surface area contributed by atoms with Gasteiger partial charge in [0.1, 0.15) is 28.0 Å². The van der Waals surface area contributed by atoms with E-state index >= 15 is 0 Å². The zero-order valence-electron chi connectivity index (χ0n) is 18.9. The molecule has 0 radical (unpaired) electrons. The van der Waals surface area contributed by atoms with Crippen molar-refractivity contribution in [1.29, 1.82) is 0 Å². The molecule has 1 heterocycles. The molecule has 0 unspecified atom stereocenters. The van der Waals surface area contributed by atoms with Gasteiger partial charge in [-0.3, -0.25) is 9.59 Å². The summed E-state index contributed by atoms with van der Waals surface area (Å²) < 4.78 is 15.8. The fourth-order valence-electron chi connectivity index (χ4n) is 3.35. The highest BCUT2D eigenvalue weighted by atomic mass is 35.5. The normalized spacial score (nSPS) is 13.2. The summed E-state index contributed by atoms with van der Waals surface area (Å²) in [6, 6.07) is 19.4. The van der Waals surface area contributed by atoms with Crippen molar-refractivity contribution >= 4 is 40.8 Å². The van der Waals surface area contributed by atoms with Crippen LogP contribution in [-0.4, -0.2) is 31.5 Å². The second kappa shape index (κ2) is 10.3. The second-order valence-corrected chi connectivity index (χ2v) is 7.71. The number of nitrogens with zero attached hydrogens (tertiary/aromatic N) is 1. The predicted molar refractivity (Wildman–Crippen MR) is 131 cm³/mol. The van der Waals surface area contributed by atoms with Gasteiger partial charge in [0, 0.05) is 5.69 Å². The topological polar surface area (TPSA) is 94.2 Å². The first-order chi connectivity index (χ1) is 16.9. The van der Waals surface area contributed by atoms with E-state index < -0.39 is 17.8 Å². The molecular weight excluding hydrogens is 472 g/mol. The van der Waals surface area contributed by atoms with Gasteiger partial charge in [-0.1, -0.05) is 11.6 Å². The zero-order valence-corrected chi connectivity index (χ0v) is 19.7. The van der Waals surface area contributed by atoms with Gasteiger partial charge >= 0.3 is 5.97 Å². The Bertz CT molecular complexity index is 1280. The number of amides is 2. The van der Waals surface area contributed by atoms with Crippen LogP contribution in [0.25, 0.3) is 0 Å². The molecular formula is C26H21ClN2O6. The van der Waals surface area contributed by atoms with Gasteiger partial charge in [0.25, 0.3) is 11.8 Å². The van der Waals surface area contributed by atoms with Gasteiger partial charge in [-0.25, -0.2) is 9.69 Å². The van der Waals surface area contributed by atoms with Gasteiger partial charge in [0.05, 0.1) is 25.0 Å². The van der Waals surface area contributed by atoms with Gasteiger partial charge in [-0.2, -0.15) is 0 Å². The molecule has 0 fully saturated rings. The molecule has 4 rings (SSSR count). The Labute approximate surface area is 206 Å². The summed E-state index contributed by atoms with van der Waals surface area (Å²) in [4.78, 5) is 39.0. The Balaban J connectivity index is 1.44. The molecule has 35 heavy (non-hydrogen) atoms. The lowest BCUT2D eigenvalue weighted by Crippen LogP contribution is -2.32. The third-order valence-corrected chi connectivity index (χ3v) is 5.44. The number of methoxy groups -OCH3 is 1. The van der Waals surface area contributed by atoms with Crippen LogP contribution in [0.5, 0.6) is 17.2 Å². The fourth-order valence-corrected chi connectivity index (χ4v) is 3.56. The number of benzene rings is 3. The third-order valence-electron chi connectivity index (χ3n) is 5.09. The Kier molecular flexibility index (Phi) is 7.03. The van der Waals surface area contributed by atoms with Crippen LogP contribution >= 0.6 is 11.6 Å². The van der Waals surface area contributed by atoms with Crippen molar-refractivity contribution in [2.75, 3.05) is 23.9 Å². The number of nitrogens with one attached hydrogen (secondary N) is 1. The highest BCUT2D eigenvalue weighted by Gasteiger charge is 2.39. The van der Waals surface area contributed by atoms with Crippen molar-refractivity contribution in [3.05, 3.63) is 89.1 Å². The number of esters is 1. The summed E-state index contributed by atoms with van der Waals surface area (Å²) in [6.45, 7) is 2.36. The number of carbonyl (C=O) groups is 3. The summed E-state index contributed by atoms with van der Waals surface area (Å²) in [6.07, 6.45) is 0. The number of carbonyl (C=O) groups excluding carboxylic acids is 3. The minimum Gasteiger partial charge on any atom is -0.497 e. The first kappa shape index (κ1) is 23.8. The smallest absolute Gasteiger partial charge is 0.343 e. The minimum absolute atomic E-state index is 0.0564. The third kappa shape index (κ3) is 5.12. The van der Waals surface area contributed by atoms with E-state index in [0.29, 0.717) is 40.8 Å². The molecule has 9 heteroatoms. The Hall–Kier alpha value is -4.30. The van der Waals surface area contributed by atoms with Crippen LogP contribution in [-0.2, 0) is 9.59 Å². The molecule has 3 aromatic carbocycles. The molecule has 0 saturated heterocycles. The minimum atomic E-state index is -0.636. The molecule has 178 valence electrons. The van der Waals surface area contributed by atoms with E-state index in [1.54, 1.807) is 67.8 Å². The number of hydrogen-bond acceptors (Lipinski definition) is 7. The molecule has 1 N–H and O–H groups in total.